The zero-order chi connectivity index (χ0) is 13.5. The van der Waals surface area contributed by atoms with Crippen LogP contribution in [0.25, 0.3) is 0 Å². The molecule has 1 aliphatic heterocycles. The Bertz CT molecular complexity index is 421. The Morgan fingerprint density at radius 1 is 1.42 bits per heavy atom. The van der Waals surface area contributed by atoms with Crippen molar-refractivity contribution in [2.24, 2.45) is 0 Å². The first-order valence-corrected chi connectivity index (χ1v) is 7.86. The molecule has 0 spiro atoms. The van der Waals surface area contributed by atoms with Gasteiger partial charge in [-0.05, 0) is 49.9 Å². The molecule has 19 heavy (non-hydrogen) atoms. The third-order valence-electron chi connectivity index (χ3n) is 3.44. The molecule has 0 radical (unpaired) electrons. The fourth-order valence-corrected chi connectivity index (χ4v) is 3.48. The van der Waals surface area contributed by atoms with Crippen LogP contribution >= 0.6 is 11.8 Å². The number of hydrogen-bond acceptors (Lipinski definition) is 4. The van der Waals surface area contributed by atoms with Crippen molar-refractivity contribution in [3.05, 3.63) is 29.8 Å². The maximum absolute atomic E-state index is 8.71. The van der Waals surface area contributed by atoms with Crippen molar-refractivity contribution in [2.75, 3.05) is 31.7 Å². The van der Waals surface area contributed by atoms with Crippen molar-refractivity contribution >= 4 is 11.8 Å². The summed E-state index contributed by atoms with van der Waals surface area (Å²) in [6.45, 7) is 1.82. The van der Waals surface area contributed by atoms with E-state index in [0.29, 0.717) is 5.56 Å². The van der Waals surface area contributed by atoms with Crippen LogP contribution in [-0.4, -0.2) is 42.6 Å². The summed E-state index contributed by atoms with van der Waals surface area (Å²) in [7, 11) is 2.21. The third kappa shape index (κ3) is 4.45. The maximum atomic E-state index is 8.71. The van der Waals surface area contributed by atoms with E-state index in [2.05, 4.69) is 29.8 Å². The van der Waals surface area contributed by atoms with Crippen LogP contribution in [0.3, 0.4) is 0 Å². The van der Waals surface area contributed by atoms with Crippen molar-refractivity contribution in [1.29, 1.82) is 5.26 Å². The highest BCUT2D eigenvalue weighted by atomic mass is 32.2. The molecule has 0 bridgehead atoms. The Morgan fingerprint density at radius 2 is 2.21 bits per heavy atom. The molecule has 1 saturated heterocycles. The van der Waals surface area contributed by atoms with Crippen LogP contribution in [0.5, 0.6) is 5.75 Å². The molecule has 2 rings (SSSR count). The summed E-state index contributed by atoms with van der Waals surface area (Å²) in [5.41, 5.74) is 0.672. The van der Waals surface area contributed by atoms with Crippen LogP contribution in [0.15, 0.2) is 24.3 Å². The van der Waals surface area contributed by atoms with Crippen LogP contribution < -0.4 is 4.74 Å². The molecule has 0 aliphatic carbocycles. The van der Waals surface area contributed by atoms with E-state index in [1.165, 1.54) is 17.9 Å². The average molecular weight is 276 g/mol. The molecule has 0 amide bonds. The second kappa shape index (κ2) is 7.42. The van der Waals surface area contributed by atoms with E-state index in [1.54, 1.807) is 12.1 Å². The van der Waals surface area contributed by atoms with Crippen LogP contribution in [0.4, 0.5) is 0 Å². The van der Waals surface area contributed by atoms with Gasteiger partial charge in [0, 0.05) is 18.3 Å². The lowest BCUT2D eigenvalue weighted by Gasteiger charge is -2.23. The number of benzene rings is 1. The number of rotatable bonds is 6. The molecule has 1 fully saturated rings. The molecule has 0 aromatic heterocycles. The van der Waals surface area contributed by atoms with Gasteiger partial charge in [0.05, 0.1) is 18.2 Å². The average Bonchev–Trinajstić information content (AvgIpc) is 2.98. The normalized spacial score (nSPS) is 18.5. The Kier molecular flexibility index (Phi) is 5.56. The number of nitrogens with zero attached hydrogens (tertiary/aromatic N) is 2. The van der Waals surface area contributed by atoms with Crippen LogP contribution in [0, 0.1) is 11.3 Å². The van der Waals surface area contributed by atoms with Gasteiger partial charge in [0.2, 0.25) is 0 Å². The lowest BCUT2D eigenvalue weighted by Crippen LogP contribution is -2.32. The molecule has 1 unspecified atom stereocenters. The van der Waals surface area contributed by atoms with Crippen molar-refractivity contribution in [1.82, 2.24) is 4.90 Å². The van der Waals surface area contributed by atoms with E-state index in [9.17, 15) is 0 Å². The molecular weight excluding hydrogens is 256 g/mol. The van der Waals surface area contributed by atoms with Gasteiger partial charge in [0.15, 0.2) is 0 Å². The van der Waals surface area contributed by atoms with Gasteiger partial charge in [-0.2, -0.15) is 17.0 Å². The summed E-state index contributed by atoms with van der Waals surface area (Å²) in [4.78, 5) is 2.45. The first-order valence-electron chi connectivity index (χ1n) is 6.70. The Morgan fingerprint density at radius 3 is 2.84 bits per heavy atom. The molecule has 1 aromatic carbocycles. The monoisotopic (exact) mass is 276 g/mol. The highest BCUT2D eigenvalue weighted by Crippen LogP contribution is 2.21. The van der Waals surface area contributed by atoms with E-state index in [1.807, 2.05) is 12.1 Å². The Balaban J connectivity index is 1.64. The molecule has 0 saturated carbocycles. The van der Waals surface area contributed by atoms with Crippen LogP contribution in [0.1, 0.15) is 18.4 Å². The van der Waals surface area contributed by atoms with E-state index in [-0.39, 0.29) is 0 Å². The number of thioether (sulfide) groups is 1. The van der Waals surface area contributed by atoms with Gasteiger partial charge in [-0.1, -0.05) is 0 Å². The fraction of sp³-hybridized carbons (Fsp3) is 0.533. The maximum Gasteiger partial charge on any atom is 0.119 e. The molecule has 102 valence electrons. The van der Waals surface area contributed by atoms with E-state index in [0.717, 1.165) is 31.4 Å². The van der Waals surface area contributed by atoms with Crippen molar-refractivity contribution in [2.45, 2.75) is 18.9 Å². The van der Waals surface area contributed by atoms with Crippen molar-refractivity contribution < 1.29 is 4.74 Å². The molecule has 1 atom stereocenters. The van der Waals surface area contributed by atoms with E-state index >= 15 is 0 Å². The summed E-state index contributed by atoms with van der Waals surface area (Å²) in [6.07, 6.45) is 2.36. The van der Waals surface area contributed by atoms with Gasteiger partial charge in [-0.3, -0.25) is 0 Å². The summed E-state index contributed by atoms with van der Waals surface area (Å²) < 4.78 is 5.68. The van der Waals surface area contributed by atoms with Crippen molar-refractivity contribution in [3.63, 3.8) is 0 Å². The lowest BCUT2D eigenvalue weighted by atomic mass is 10.2. The van der Waals surface area contributed by atoms with Crippen LogP contribution in [-0.2, 0) is 0 Å². The fourth-order valence-electron chi connectivity index (χ4n) is 2.18. The van der Waals surface area contributed by atoms with E-state index in [4.69, 9.17) is 10.00 Å². The number of nitriles is 1. The highest BCUT2D eigenvalue weighted by molar-refractivity contribution is 7.99. The Labute approximate surface area is 119 Å². The lowest BCUT2D eigenvalue weighted by molar-refractivity contribution is 0.227. The minimum atomic E-state index is 0.672. The summed E-state index contributed by atoms with van der Waals surface area (Å²) in [5, 5.41) is 8.71. The molecule has 4 heteroatoms. The first-order chi connectivity index (χ1) is 9.29. The SMILES string of the molecule is CN(CCCOc1ccc(C#N)cc1)C1CCSC1. The van der Waals surface area contributed by atoms with Gasteiger partial charge in [-0.15, -0.1) is 0 Å². The van der Waals surface area contributed by atoms with Gasteiger partial charge >= 0.3 is 0 Å². The number of hydrogen-bond donors (Lipinski definition) is 0. The first kappa shape index (κ1) is 14.2. The zero-order valence-corrected chi connectivity index (χ0v) is 12.2. The molecule has 1 aromatic rings. The van der Waals surface area contributed by atoms with Gasteiger partial charge < -0.3 is 9.64 Å². The minimum Gasteiger partial charge on any atom is -0.494 e. The second-order valence-electron chi connectivity index (χ2n) is 4.84. The second-order valence-corrected chi connectivity index (χ2v) is 5.99. The Hall–Kier alpha value is -1.18. The van der Waals surface area contributed by atoms with E-state index < -0.39 is 0 Å². The predicted molar refractivity (Wildman–Crippen MR) is 79.6 cm³/mol. The zero-order valence-electron chi connectivity index (χ0n) is 11.3. The largest absolute Gasteiger partial charge is 0.494 e. The van der Waals surface area contributed by atoms with Crippen molar-refractivity contribution in [3.8, 4) is 11.8 Å². The van der Waals surface area contributed by atoms with Gasteiger partial charge in [0.25, 0.3) is 0 Å². The molecule has 3 nitrogen and oxygen atoms in total. The summed E-state index contributed by atoms with van der Waals surface area (Å²) in [6, 6.07) is 10.1. The quantitative estimate of drug-likeness (QED) is 0.749. The van der Waals surface area contributed by atoms with Gasteiger partial charge in [-0.25, -0.2) is 0 Å². The molecular formula is C15H20N2OS. The number of ether oxygens (including phenoxy) is 1. The third-order valence-corrected chi connectivity index (χ3v) is 4.58. The standard InChI is InChI=1S/C15H20N2OS/c1-17(14-7-10-19-12-14)8-2-9-18-15-5-3-13(11-16)4-6-15/h3-6,14H,2,7-10,12H2,1H3. The topological polar surface area (TPSA) is 36.3 Å². The smallest absolute Gasteiger partial charge is 0.119 e. The minimum absolute atomic E-state index is 0.672. The summed E-state index contributed by atoms with van der Waals surface area (Å²) >= 11 is 2.05. The van der Waals surface area contributed by atoms with Crippen LogP contribution in [0.2, 0.25) is 0 Å². The molecule has 1 heterocycles. The molecule has 0 N–H and O–H groups in total. The summed E-state index contributed by atoms with van der Waals surface area (Å²) in [5.74, 6) is 3.42. The molecule has 1 aliphatic rings. The van der Waals surface area contributed by atoms with Gasteiger partial charge in [0.1, 0.15) is 5.75 Å². The highest BCUT2D eigenvalue weighted by Gasteiger charge is 2.19. The predicted octanol–water partition coefficient (Wildman–Crippen LogP) is 2.76.